The van der Waals surface area contributed by atoms with Crippen LogP contribution in [-0.2, 0) is 12.8 Å². The lowest BCUT2D eigenvalue weighted by atomic mass is 9.94. The Labute approximate surface area is 136 Å². The lowest BCUT2D eigenvalue weighted by molar-refractivity contribution is 0.443. The van der Waals surface area contributed by atoms with Gasteiger partial charge in [0, 0.05) is 15.9 Å². The van der Waals surface area contributed by atoms with Gasteiger partial charge in [-0.15, -0.1) is 11.3 Å². The molecule has 1 aromatic heterocycles. The Morgan fingerprint density at radius 1 is 1.19 bits per heavy atom. The van der Waals surface area contributed by atoms with Crippen LogP contribution in [-0.4, -0.2) is 12.6 Å². The van der Waals surface area contributed by atoms with E-state index in [0.717, 1.165) is 24.0 Å². The molecule has 2 aromatic rings. The van der Waals surface area contributed by atoms with Gasteiger partial charge in [-0.3, -0.25) is 0 Å². The molecule has 1 atom stereocenters. The van der Waals surface area contributed by atoms with E-state index in [2.05, 4.69) is 35.0 Å². The third kappa shape index (κ3) is 4.84. The zero-order valence-electron chi connectivity index (χ0n) is 12.2. The molecule has 1 unspecified atom stereocenters. The van der Waals surface area contributed by atoms with Gasteiger partial charge >= 0.3 is 0 Å². The fourth-order valence-corrected chi connectivity index (χ4v) is 3.61. The van der Waals surface area contributed by atoms with Gasteiger partial charge < -0.3 is 5.32 Å². The molecule has 112 valence electrons. The van der Waals surface area contributed by atoms with Crippen LogP contribution in [0, 0.1) is 5.92 Å². The summed E-state index contributed by atoms with van der Waals surface area (Å²) < 4.78 is 0. The molecule has 1 aliphatic carbocycles. The Balaban J connectivity index is 1.58. The predicted molar refractivity (Wildman–Crippen MR) is 92.3 cm³/mol. The van der Waals surface area contributed by atoms with Crippen molar-refractivity contribution in [3.63, 3.8) is 0 Å². The van der Waals surface area contributed by atoms with Gasteiger partial charge in [-0.1, -0.05) is 35.9 Å². The molecular formula is C18H22ClNS. The fourth-order valence-electron chi connectivity index (χ4n) is 2.67. The minimum Gasteiger partial charge on any atom is -0.314 e. The van der Waals surface area contributed by atoms with Crippen molar-refractivity contribution in [1.29, 1.82) is 0 Å². The molecule has 3 heteroatoms. The second-order valence-electron chi connectivity index (χ2n) is 5.96. The Kier molecular flexibility index (Phi) is 5.34. The number of rotatable bonds is 8. The minimum absolute atomic E-state index is 0.660. The van der Waals surface area contributed by atoms with Crippen LogP contribution in [0.2, 0.25) is 5.02 Å². The van der Waals surface area contributed by atoms with Gasteiger partial charge in [0.1, 0.15) is 0 Å². The fraction of sp³-hybridized carbons (Fsp3) is 0.444. The zero-order chi connectivity index (χ0) is 14.5. The summed E-state index contributed by atoms with van der Waals surface area (Å²) in [5, 5.41) is 6.76. The first-order chi connectivity index (χ1) is 10.3. The van der Waals surface area contributed by atoms with Crippen LogP contribution in [0.5, 0.6) is 0 Å². The second-order valence-corrected chi connectivity index (χ2v) is 7.40. The molecule has 1 aliphatic rings. The number of hydrogen-bond donors (Lipinski definition) is 1. The van der Waals surface area contributed by atoms with E-state index in [-0.39, 0.29) is 0 Å². The Bertz CT molecular complexity index is 548. The van der Waals surface area contributed by atoms with Crippen molar-refractivity contribution in [3.8, 4) is 0 Å². The molecule has 1 nitrogen and oxygen atoms in total. The molecule has 0 amide bonds. The number of benzene rings is 1. The molecule has 1 N–H and O–H groups in total. The normalized spacial score (nSPS) is 16.0. The van der Waals surface area contributed by atoms with E-state index in [1.807, 2.05) is 23.5 Å². The van der Waals surface area contributed by atoms with E-state index >= 15 is 0 Å². The van der Waals surface area contributed by atoms with Gasteiger partial charge in [-0.2, -0.15) is 0 Å². The molecule has 0 bridgehead atoms. The van der Waals surface area contributed by atoms with E-state index in [1.54, 1.807) is 0 Å². The van der Waals surface area contributed by atoms with Crippen molar-refractivity contribution in [3.05, 3.63) is 57.2 Å². The monoisotopic (exact) mass is 319 g/mol. The maximum Gasteiger partial charge on any atom is 0.0438 e. The Morgan fingerprint density at radius 2 is 2.05 bits per heavy atom. The van der Waals surface area contributed by atoms with Crippen molar-refractivity contribution in [2.24, 2.45) is 5.92 Å². The van der Waals surface area contributed by atoms with Gasteiger partial charge in [-0.25, -0.2) is 0 Å². The SMILES string of the molecule is Clc1ccccc1CC(CCc1cccs1)CNC1CC1. The van der Waals surface area contributed by atoms with E-state index < -0.39 is 0 Å². The maximum absolute atomic E-state index is 6.32. The minimum atomic E-state index is 0.660. The Hall–Kier alpha value is -0.830. The summed E-state index contributed by atoms with van der Waals surface area (Å²) >= 11 is 8.19. The highest BCUT2D eigenvalue weighted by Gasteiger charge is 2.22. The smallest absolute Gasteiger partial charge is 0.0438 e. The summed E-state index contributed by atoms with van der Waals surface area (Å²) in [7, 11) is 0. The van der Waals surface area contributed by atoms with E-state index in [9.17, 15) is 0 Å². The maximum atomic E-state index is 6.32. The van der Waals surface area contributed by atoms with Crippen LogP contribution in [0.4, 0.5) is 0 Å². The molecule has 0 aliphatic heterocycles. The van der Waals surface area contributed by atoms with Crippen molar-refractivity contribution in [2.75, 3.05) is 6.54 Å². The topological polar surface area (TPSA) is 12.0 Å². The molecule has 21 heavy (non-hydrogen) atoms. The van der Waals surface area contributed by atoms with Gasteiger partial charge in [0.25, 0.3) is 0 Å². The summed E-state index contributed by atoms with van der Waals surface area (Å²) in [5.74, 6) is 0.660. The van der Waals surface area contributed by atoms with E-state index in [1.165, 1.54) is 36.1 Å². The highest BCUT2D eigenvalue weighted by atomic mass is 35.5. The lowest BCUT2D eigenvalue weighted by Crippen LogP contribution is -2.26. The number of thiophene rings is 1. The van der Waals surface area contributed by atoms with Crippen LogP contribution in [0.3, 0.4) is 0 Å². The highest BCUT2D eigenvalue weighted by molar-refractivity contribution is 7.09. The van der Waals surface area contributed by atoms with Crippen molar-refractivity contribution < 1.29 is 0 Å². The highest BCUT2D eigenvalue weighted by Crippen LogP contribution is 2.24. The average Bonchev–Trinajstić information content (AvgIpc) is 3.18. The first-order valence-electron chi connectivity index (χ1n) is 7.80. The molecule has 0 radical (unpaired) electrons. The summed E-state index contributed by atoms with van der Waals surface area (Å²) in [6, 6.07) is 13.4. The molecule has 1 saturated carbocycles. The van der Waals surface area contributed by atoms with E-state index in [4.69, 9.17) is 11.6 Å². The first-order valence-corrected chi connectivity index (χ1v) is 9.06. The second kappa shape index (κ2) is 7.44. The average molecular weight is 320 g/mol. The third-order valence-electron chi connectivity index (χ3n) is 4.12. The largest absolute Gasteiger partial charge is 0.314 e. The summed E-state index contributed by atoms with van der Waals surface area (Å²) in [4.78, 5) is 1.49. The van der Waals surface area contributed by atoms with Crippen LogP contribution in [0.1, 0.15) is 29.7 Å². The van der Waals surface area contributed by atoms with Gasteiger partial charge in [-0.05, 0) is 67.6 Å². The summed E-state index contributed by atoms with van der Waals surface area (Å²) in [6.45, 7) is 1.11. The lowest BCUT2D eigenvalue weighted by Gasteiger charge is -2.18. The molecule has 1 aromatic carbocycles. The molecule has 0 spiro atoms. The van der Waals surface area contributed by atoms with Gasteiger partial charge in [0.15, 0.2) is 0 Å². The van der Waals surface area contributed by atoms with Crippen molar-refractivity contribution >= 4 is 22.9 Å². The molecular weight excluding hydrogens is 298 g/mol. The van der Waals surface area contributed by atoms with Crippen molar-refractivity contribution in [1.82, 2.24) is 5.32 Å². The van der Waals surface area contributed by atoms with Crippen LogP contribution in [0.15, 0.2) is 41.8 Å². The van der Waals surface area contributed by atoms with Crippen LogP contribution >= 0.6 is 22.9 Å². The van der Waals surface area contributed by atoms with Crippen LogP contribution < -0.4 is 5.32 Å². The summed E-state index contributed by atoms with van der Waals surface area (Å²) in [5.41, 5.74) is 1.29. The van der Waals surface area contributed by atoms with Gasteiger partial charge in [0.2, 0.25) is 0 Å². The van der Waals surface area contributed by atoms with Crippen LogP contribution in [0.25, 0.3) is 0 Å². The molecule has 3 rings (SSSR count). The number of aryl methyl sites for hydroxylation is 1. The predicted octanol–water partition coefficient (Wildman–Crippen LogP) is 4.95. The summed E-state index contributed by atoms with van der Waals surface area (Å²) in [6.07, 6.45) is 6.18. The Morgan fingerprint density at radius 3 is 2.76 bits per heavy atom. The number of nitrogens with one attached hydrogen (secondary N) is 1. The number of halogens is 1. The standard InChI is InChI=1S/C18H22ClNS/c19-18-6-2-1-4-15(18)12-14(13-20-16-8-9-16)7-10-17-5-3-11-21-17/h1-6,11,14,16,20H,7-10,12-13H2. The van der Waals surface area contributed by atoms with E-state index in [0.29, 0.717) is 5.92 Å². The third-order valence-corrected chi connectivity index (χ3v) is 5.42. The molecule has 1 heterocycles. The van der Waals surface area contributed by atoms with Gasteiger partial charge in [0.05, 0.1) is 0 Å². The zero-order valence-corrected chi connectivity index (χ0v) is 13.8. The quantitative estimate of drug-likeness (QED) is 0.726. The molecule has 1 fully saturated rings. The molecule has 0 saturated heterocycles. The van der Waals surface area contributed by atoms with Crippen molar-refractivity contribution in [2.45, 2.75) is 38.1 Å². The first kappa shape index (κ1) is 15.1. The number of hydrogen-bond acceptors (Lipinski definition) is 2.